The summed E-state index contributed by atoms with van der Waals surface area (Å²) < 4.78 is 26.3. The van der Waals surface area contributed by atoms with E-state index in [1.54, 1.807) is 12.1 Å². The minimum Gasteiger partial charge on any atom is -0.399 e. The molecular formula is C17H18F2N2. The molecule has 0 radical (unpaired) electrons. The number of fused-ring (bicyclic) bond motifs is 1. The second-order valence-electron chi connectivity index (χ2n) is 5.44. The molecule has 1 aliphatic rings. The molecule has 0 saturated carbocycles. The van der Waals surface area contributed by atoms with Crippen molar-refractivity contribution in [2.75, 3.05) is 11.1 Å². The summed E-state index contributed by atoms with van der Waals surface area (Å²) in [5, 5.41) is 3.28. The number of nitrogens with one attached hydrogen (secondary N) is 1. The molecule has 0 aliphatic heterocycles. The molecule has 4 heteroatoms. The molecule has 1 unspecified atom stereocenters. The van der Waals surface area contributed by atoms with E-state index in [2.05, 4.69) is 17.4 Å². The van der Waals surface area contributed by atoms with Gasteiger partial charge in [-0.05, 0) is 48.6 Å². The molecule has 110 valence electrons. The van der Waals surface area contributed by atoms with Crippen molar-refractivity contribution >= 4 is 11.4 Å². The van der Waals surface area contributed by atoms with Crippen molar-refractivity contribution in [3.05, 3.63) is 59.2 Å². The van der Waals surface area contributed by atoms with E-state index in [0.29, 0.717) is 11.4 Å². The van der Waals surface area contributed by atoms with E-state index in [4.69, 9.17) is 5.73 Å². The van der Waals surface area contributed by atoms with Crippen LogP contribution in [-0.2, 0) is 6.42 Å². The fourth-order valence-electron chi connectivity index (χ4n) is 2.98. The predicted molar refractivity (Wildman–Crippen MR) is 81.6 cm³/mol. The zero-order valence-corrected chi connectivity index (χ0v) is 11.7. The van der Waals surface area contributed by atoms with Crippen LogP contribution in [0.5, 0.6) is 0 Å². The van der Waals surface area contributed by atoms with E-state index < -0.39 is 6.43 Å². The van der Waals surface area contributed by atoms with Gasteiger partial charge in [0, 0.05) is 16.9 Å². The van der Waals surface area contributed by atoms with E-state index in [-0.39, 0.29) is 11.6 Å². The van der Waals surface area contributed by atoms with Crippen molar-refractivity contribution in [1.82, 2.24) is 0 Å². The van der Waals surface area contributed by atoms with Gasteiger partial charge in [0.15, 0.2) is 0 Å². The fraction of sp³-hybridized carbons (Fsp3) is 0.294. The average molecular weight is 288 g/mol. The van der Waals surface area contributed by atoms with Gasteiger partial charge < -0.3 is 11.1 Å². The maximum atomic E-state index is 13.2. The van der Waals surface area contributed by atoms with Crippen LogP contribution < -0.4 is 11.1 Å². The predicted octanol–water partition coefficient (Wildman–Crippen LogP) is 4.70. The lowest BCUT2D eigenvalue weighted by molar-refractivity contribution is 0.152. The summed E-state index contributed by atoms with van der Waals surface area (Å²) >= 11 is 0. The third-order valence-corrected chi connectivity index (χ3v) is 4.01. The lowest BCUT2D eigenvalue weighted by Crippen LogP contribution is -2.18. The Morgan fingerprint density at radius 2 is 1.95 bits per heavy atom. The molecule has 0 fully saturated rings. The van der Waals surface area contributed by atoms with Crippen LogP contribution >= 0.6 is 0 Å². The molecule has 2 nitrogen and oxygen atoms in total. The zero-order chi connectivity index (χ0) is 14.8. The Morgan fingerprint density at radius 1 is 1.14 bits per heavy atom. The largest absolute Gasteiger partial charge is 0.399 e. The summed E-state index contributed by atoms with van der Waals surface area (Å²) in [6, 6.07) is 12.9. The van der Waals surface area contributed by atoms with Crippen molar-refractivity contribution in [1.29, 1.82) is 0 Å². The van der Waals surface area contributed by atoms with Crippen LogP contribution in [0, 0.1) is 0 Å². The van der Waals surface area contributed by atoms with Gasteiger partial charge in [0.25, 0.3) is 6.43 Å². The summed E-state index contributed by atoms with van der Waals surface area (Å²) in [6.07, 6.45) is 0.532. The lowest BCUT2D eigenvalue weighted by atomic mass is 9.87. The van der Waals surface area contributed by atoms with Gasteiger partial charge in [-0.3, -0.25) is 0 Å². The first-order chi connectivity index (χ1) is 10.1. The monoisotopic (exact) mass is 288 g/mol. The number of halogens is 2. The van der Waals surface area contributed by atoms with Gasteiger partial charge in [-0.1, -0.05) is 24.3 Å². The Labute approximate surface area is 123 Å². The van der Waals surface area contributed by atoms with Crippen LogP contribution in [0.3, 0.4) is 0 Å². The van der Waals surface area contributed by atoms with Gasteiger partial charge in [-0.25, -0.2) is 8.78 Å². The molecular weight excluding hydrogens is 270 g/mol. The molecule has 1 atom stereocenters. The number of anilines is 2. The Hall–Kier alpha value is -2.10. The normalized spacial score (nSPS) is 17.6. The SMILES string of the molecule is Nc1ccc(NC2CCCc3ccccc32)c(C(F)F)c1. The molecule has 0 aromatic heterocycles. The molecule has 0 spiro atoms. The van der Waals surface area contributed by atoms with Crippen LogP contribution in [0.15, 0.2) is 42.5 Å². The highest BCUT2D eigenvalue weighted by Crippen LogP contribution is 2.36. The maximum absolute atomic E-state index is 13.2. The number of rotatable bonds is 3. The highest BCUT2D eigenvalue weighted by molar-refractivity contribution is 5.60. The maximum Gasteiger partial charge on any atom is 0.265 e. The highest BCUT2D eigenvalue weighted by Gasteiger charge is 2.22. The number of benzene rings is 2. The second-order valence-corrected chi connectivity index (χ2v) is 5.44. The van der Waals surface area contributed by atoms with Crippen LogP contribution in [0.1, 0.15) is 42.0 Å². The lowest BCUT2D eigenvalue weighted by Gasteiger charge is -2.28. The number of aryl methyl sites for hydroxylation is 1. The molecule has 1 aliphatic carbocycles. The molecule has 0 bridgehead atoms. The van der Waals surface area contributed by atoms with Gasteiger partial charge >= 0.3 is 0 Å². The summed E-state index contributed by atoms with van der Waals surface area (Å²) in [7, 11) is 0. The van der Waals surface area contributed by atoms with Crippen LogP contribution in [0.4, 0.5) is 20.2 Å². The average Bonchev–Trinajstić information content (AvgIpc) is 2.49. The van der Waals surface area contributed by atoms with Crippen molar-refractivity contribution in [2.45, 2.75) is 31.7 Å². The van der Waals surface area contributed by atoms with Gasteiger partial charge in [-0.15, -0.1) is 0 Å². The first kappa shape index (κ1) is 13.9. The number of nitrogens with two attached hydrogens (primary N) is 1. The first-order valence-electron chi connectivity index (χ1n) is 7.17. The molecule has 0 saturated heterocycles. The Bertz CT molecular complexity index is 640. The minimum absolute atomic E-state index is 0.0296. The van der Waals surface area contributed by atoms with Crippen molar-refractivity contribution in [2.24, 2.45) is 0 Å². The third-order valence-electron chi connectivity index (χ3n) is 4.01. The molecule has 3 rings (SSSR count). The summed E-state index contributed by atoms with van der Waals surface area (Å²) in [5.74, 6) is 0. The van der Waals surface area contributed by atoms with E-state index in [9.17, 15) is 8.78 Å². The van der Waals surface area contributed by atoms with Gasteiger partial charge in [0.05, 0.1) is 6.04 Å². The summed E-state index contributed by atoms with van der Waals surface area (Å²) in [6.45, 7) is 0. The summed E-state index contributed by atoms with van der Waals surface area (Å²) in [5.41, 5.74) is 8.93. The topological polar surface area (TPSA) is 38.0 Å². The quantitative estimate of drug-likeness (QED) is 0.804. The van der Waals surface area contributed by atoms with Crippen LogP contribution in [-0.4, -0.2) is 0 Å². The van der Waals surface area contributed by atoms with E-state index in [0.717, 1.165) is 19.3 Å². The number of nitrogen functional groups attached to an aromatic ring is 1. The van der Waals surface area contributed by atoms with E-state index in [1.165, 1.54) is 17.2 Å². The molecule has 0 amide bonds. The van der Waals surface area contributed by atoms with Crippen molar-refractivity contribution in [3.63, 3.8) is 0 Å². The number of alkyl halides is 2. The fourth-order valence-corrected chi connectivity index (χ4v) is 2.98. The van der Waals surface area contributed by atoms with E-state index >= 15 is 0 Å². The zero-order valence-electron chi connectivity index (χ0n) is 11.7. The van der Waals surface area contributed by atoms with Gasteiger partial charge in [-0.2, -0.15) is 0 Å². The standard InChI is InChI=1S/C17H18F2N2/c18-17(19)14-10-12(20)8-9-16(14)21-15-7-3-5-11-4-1-2-6-13(11)15/h1-2,4,6,8-10,15,17,21H,3,5,7,20H2. The molecule has 2 aromatic carbocycles. The first-order valence-corrected chi connectivity index (χ1v) is 7.17. The second kappa shape index (κ2) is 5.72. The third kappa shape index (κ3) is 2.84. The Kier molecular flexibility index (Phi) is 3.78. The number of hydrogen-bond acceptors (Lipinski definition) is 2. The molecule has 21 heavy (non-hydrogen) atoms. The minimum atomic E-state index is -2.53. The van der Waals surface area contributed by atoms with Gasteiger partial charge in [0.2, 0.25) is 0 Å². The van der Waals surface area contributed by atoms with Crippen LogP contribution in [0.25, 0.3) is 0 Å². The van der Waals surface area contributed by atoms with Crippen LogP contribution in [0.2, 0.25) is 0 Å². The summed E-state index contributed by atoms with van der Waals surface area (Å²) in [4.78, 5) is 0. The highest BCUT2D eigenvalue weighted by atomic mass is 19.3. The number of hydrogen-bond donors (Lipinski definition) is 2. The van der Waals surface area contributed by atoms with Crippen molar-refractivity contribution < 1.29 is 8.78 Å². The van der Waals surface area contributed by atoms with Gasteiger partial charge in [0.1, 0.15) is 0 Å². The Morgan fingerprint density at radius 3 is 2.76 bits per heavy atom. The Balaban J connectivity index is 1.92. The molecule has 0 heterocycles. The van der Waals surface area contributed by atoms with E-state index in [1.807, 2.05) is 12.1 Å². The molecule has 2 aromatic rings. The smallest absolute Gasteiger partial charge is 0.265 e. The van der Waals surface area contributed by atoms with Crippen molar-refractivity contribution in [3.8, 4) is 0 Å². The molecule has 3 N–H and O–H groups in total.